The van der Waals surface area contributed by atoms with Gasteiger partial charge in [0.25, 0.3) is 0 Å². The van der Waals surface area contributed by atoms with Crippen molar-refractivity contribution in [2.45, 2.75) is 25.3 Å². The molecule has 2 rings (SSSR count). The maximum atomic E-state index is 6.13. The Morgan fingerprint density at radius 1 is 1.64 bits per heavy atom. The van der Waals surface area contributed by atoms with E-state index in [0.717, 1.165) is 22.8 Å². The summed E-state index contributed by atoms with van der Waals surface area (Å²) in [5.74, 6) is 1.28. The number of hydrogen-bond acceptors (Lipinski definition) is 2. The zero-order valence-corrected chi connectivity index (χ0v) is 8.92. The molecule has 0 aromatic heterocycles. The summed E-state index contributed by atoms with van der Waals surface area (Å²) in [6.07, 6.45) is 0.927. The van der Waals surface area contributed by atoms with Gasteiger partial charge in [-0.25, -0.2) is 0 Å². The minimum atomic E-state index is 0.186. The van der Waals surface area contributed by atoms with Crippen LogP contribution in [0.2, 0.25) is 5.02 Å². The lowest BCUT2D eigenvalue weighted by atomic mass is 9.95. The Morgan fingerprint density at radius 3 is 3.14 bits per heavy atom. The fraction of sp³-hybridized carbons (Fsp3) is 0.455. The Labute approximate surface area is 89.0 Å². The Bertz CT molecular complexity index is 338. The number of rotatable bonds is 2. The number of benzene rings is 1. The lowest BCUT2D eigenvalue weighted by molar-refractivity contribution is 0.320. The molecule has 1 aliphatic rings. The van der Waals surface area contributed by atoms with Crippen molar-refractivity contribution in [3.8, 4) is 5.75 Å². The van der Waals surface area contributed by atoms with Crippen LogP contribution in [0.4, 0.5) is 0 Å². The van der Waals surface area contributed by atoms with Gasteiger partial charge >= 0.3 is 0 Å². The Balaban J connectivity index is 2.29. The van der Waals surface area contributed by atoms with Crippen LogP contribution < -0.4 is 10.5 Å². The van der Waals surface area contributed by atoms with Crippen molar-refractivity contribution >= 4 is 11.6 Å². The number of hydrogen-bond donors (Lipinski definition) is 1. The van der Waals surface area contributed by atoms with Crippen LogP contribution in [-0.4, -0.2) is 12.6 Å². The largest absolute Gasteiger partial charge is 0.493 e. The molecule has 0 bridgehead atoms. The summed E-state index contributed by atoms with van der Waals surface area (Å²) >= 11 is 6.13. The van der Waals surface area contributed by atoms with E-state index in [1.54, 1.807) is 0 Å². The Kier molecular flexibility index (Phi) is 2.66. The van der Waals surface area contributed by atoms with Crippen molar-refractivity contribution in [2.24, 2.45) is 5.73 Å². The first kappa shape index (κ1) is 9.81. The third-order valence-corrected chi connectivity index (χ3v) is 2.85. The smallest absolute Gasteiger partial charge is 0.124 e. The highest BCUT2D eigenvalue weighted by Gasteiger charge is 2.26. The van der Waals surface area contributed by atoms with Crippen LogP contribution in [0.1, 0.15) is 24.8 Å². The van der Waals surface area contributed by atoms with Gasteiger partial charge in [0.15, 0.2) is 0 Å². The first-order valence-corrected chi connectivity index (χ1v) is 5.23. The number of fused-ring (bicyclic) bond motifs is 1. The molecule has 2 nitrogen and oxygen atoms in total. The van der Waals surface area contributed by atoms with Gasteiger partial charge in [0, 0.05) is 22.5 Å². The fourth-order valence-electron chi connectivity index (χ4n) is 1.95. The van der Waals surface area contributed by atoms with Crippen molar-refractivity contribution in [3.63, 3.8) is 0 Å². The number of ether oxygens (including phenoxy) is 1. The van der Waals surface area contributed by atoms with Gasteiger partial charge in [-0.3, -0.25) is 0 Å². The topological polar surface area (TPSA) is 35.2 Å². The monoisotopic (exact) mass is 211 g/mol. The molecule has 0 saturated heterocycles. The molecule has 1 aliphatic heterocycles. The van der Waals surface area contributed by atoms with Gasteiger partial charge in [0.1, 0.15) is 5.75 Å². The molecule has 0 amide bonds. The molecule has 2 N–H and O–H groups in total. The van der Waals surface area contributed by atoms with E-state index >= 15 is 0 Å². The summed E-state index contributed by atoms with van der Waals surface area (Å²) in [6.45, 7) is 2.72. The number of nitrogens with two attached hydrogens (primary N) is 1. The zero-order chi connectivity index (χ0) is 10.1. The predicted octanol–water partition coefficient (Wildman–Crippen LogP) is 2.55. The molecule has 1 aromatic carbocycles. The molecule has 1 aromatic rings. The summed E-state index contributed by atoms with van der Waals surface area (Å²) in [5, 5.41) is 0.797. The van der Waals surface area contributed by atoms with Gasteiger partial charge in [-0.15, -0.1) is 0 Å². The SMILES string of the molecule is CC(N)CC1COc2cccc(Cl)c21. The summed E-state index contributed by atoms with van der Waals surface area (Å²) < 4.78 is 5.55. The summed E-state index contributed by atoms with van der Waals surface area (Å²) in [6, 6.07) is 5.96. The minimum absolute atomic E-state index is 0.186. The maximum absolute atomic E-state index is 6.13. The Hall–Kier alpha value is -0.730. The summed E-state index contributed by atoms with van der Waals surface area (Å²) in [5.41, 5.74) is 6.91. The average molecular weight is 212 g/mol. The molecule has 76 valence electrons. The van der Waals surface area contributed by atoms with Gasteiger partial charge in [-0.05, 0) is 25.5 Å². The van der Waals surface area contributed by atoms with Gasteiger partial charge < -0.3 is 10.5 Å². The van der Waals surface area contributed by atoms with E-state index < -0.39 is 0 Å². The second-order valence-corrected chi connectivity index (χ2v) is 4.28. The standard InChI is InChI=1S/C11H14ClNO/c1-7(13)5-8-6-14-10-4-2-3-9(12)11(8)10/h2-4,7-8H,5-6,13H2,1H3. The highest BCUT2D eigenvalue weighted by atomic mass is 35.5. The van der Waals surface area contributed by atoms with Crippen LogP contribution in [0.3, 0.4) is 0 Å². The van der Waals surface area contributed by atoms with E-state index in [4.69, 9.17) is 22.1 Å². The van der Waals surface area contributed by atoms with E-state index in [1.165, 1.54) is 0 Å². The highest BCUT2D eigenvalue weighted by molar-refractivity contribution is 6.31. The van der Waals surface area contributed by atoms with Crippen LogP contribution in [0, 0.1) is 0 Å². The van der Waals surface area contributed by atoms with Crippen LogP contribution in [0.15, 0.2) is 18.2 Å². The van der Waals surface area contributed by atoms with Crippen LogP contribution in [0.5, 0.6) is 5.75 Å². The molecular weight excluding hydrogens is 198 g/mol. The third kappa shape index (κ3) is 1.72. The van der Waals surface area contributed by atoms with Gasteiger partial charge in [0.2, 0.25) is 0 Å². The van der Waals surface area contributed by atoms with Gasteiger partial charge in [0.05, 0.1) is 6.61 Å². The van der Waals surface area contributed by atoms with Crippen LogP contribution in [-0.2, 0) is 0 Å². The molecule has 0 fully saturated rings. The quantitative estimate of drug-likeness (QED) is 0.816. The Morgan fingerprint density at radius 2 is 2.43 bits per heavy atom. The van der Waals surface area contributed by atoms with E-state index in [-0.39, 0.29) is 6.04 Å². The molecule has 1 heterocycles. The van der Waals surface area contributed by atoms with Gasteiger partial charge in [-0.2, -0.15) is 0 Å². The number of halogens is 1. The van der Waals surface area contributed by atoms with Crippen molar-refractivity contribution in [2.75, 3.05) is 6.61 Å². The van der Waals surface area contributed by atoms with Crippen molar-refractivity contribution in [1.82, 2.24) is 0 Å². The van der Waals surface area contributed by atoms with E-state index in [1.807, 2.05) is 25.1 Å². The first-order chi connectivity index (χ1) is 6.68. The zero-order valence-electron chi connectivity index (χ0n) is 8.16. The normalized spacial score (nSPS) is 21.5. The van der Waals surface area contributed by atoms with Crippen molar-refractivity contribution in [1.29, 1.82) is 0 Å². The second kappa shape index (κ2) is 3.79. The first-order valence-electron chi connectivity index (χ1n) is 4.85. The highest BCUT2D eigenvalue weighted by Crippen LogP contribution is 2.40. The molecule has 0 radical (unpaired) electrons. The van der Waals surface area contributed by atoms with E-state index in [9.17, 15) is 0 Å². The predicted molar refractivity (Wildman–Crippen MR) is 58.0 cm³/mol. The van der Waals surface area contributed by atoms with Crippen molar-refractivity contribution < 1.29 is 4.74 Å². The average Bonchev–Trinajstić information content (AvgIpc) is 2.49. The fourth-order valence-corrected chi connectivity index (χ4v) is 2.27. The van der Waals surface area contributed by atoms with Crippen LogP contribution in [0.25, 0.3) is 0 Å². The molecule has 0 saturated carbocycles. The molecule has 2 unspecified atom stereocenters. The molecule has 14 heavy (non-hydrogen) atoms. The molecule has 2 atom stereocenters. The second-order valence-electron chi connectivity index (χ2n) is 3.87. The van der Waals surface area contributed by atoms with E-state index in [2.05, 4.69) is 0 Å². The minimum Gasteiger partial charge on any atom is -0.493 e. The van der Waals surface area contributed by atoms with Crippen LogP contribution >= 0.6 is 11.6 Å². The molecule has 0 aliphatic carbocycles. The lowest BCUT2D eigenvalue weighted by Gasteiger charge is -2.12. The summed E-state index contributed by atoms with van der Waals surface area (Å²) in [4.78, 5) is 0. The van der Waals surface area contributed by atoms with E-state index in [0.29, 0.717) is 12.5 Å². The summed E-state index contributed by atoms with van der Waals surface area (Å²) in [7, 11) is 0. The molecule has 0 spiro atoms. The van der Waals surface area contributed by atoms with Gasteiger partial charge in [-0.1, -0.05) is 17.7 Å². The van der Waals surface area contributed by atoms with Crippen molar-refractivity contribution in [3.05, 3.63) is 28.8 Å². The maximum Gasteiger partial charge on any atom is 0.124 e. The third-order valence-electron chi connectivity index (χ3n) is 2.52. The lowest BCUT2D eigenvalue weighted by Crippen LogP contribution is -2.19. The molecular formula is C11H14ClNO. The molecule has 3 heteroatoms.